The van der Waals surface area contributed by atoms with E-state index in [1.807, 2.05) is 42.5 Å². The monoisotopic (exact) mass is 335 g/mol. The van der Waals surface area contributed by atoms with Gasteiger partial charge in [-0.2, -0.15) is 0 Å². The molecule has 25 heavy (non-hydrogen) atoms. The lowest BCUT2D eigenvalue weighted by atomic mass is 10.3. The molecule has 1 aromatic carbocycles. The molecule has 0 spiro atoms. The van der Waals surface area contributed by atoms with Crippen molar-refractivity contribution in [3.8, 4) is 5.75 Å². The number of methoxy groups -OCH3 is 1. The molecule has 1 amide bonds. The normalized spacial score (nSPS) is 10.1. The third kappa shape index (κ3) is 4.51. The maximum absolute atomic E-state index is 12.1. The van der Waals surface area contributed by atoms with Gasteiger partial charge in [-0.25, -0.2) is 0 Å². The Kier molecular flexibility index (Phi) is 5.16. The van der Waals surface area contributed by atoms with Gasteiger partial charge in [0, 0.05) is 11.9 Å². The van der Waals surface area contributed by atoms with Crippen molar-refractivity contribution >= 4 is 17.4 Å². The Morgan fingerprint density at radius 2 is 1.88 bits per heavy atom. The van der Waals surface area contributed by atoms with Gasteiger partial charge >= 0.3 is 0 Å². The van der Waals surface area contributed by atoms with Gasteiger partial charge in [0.25, 0.3) is 5.91 Å². The molecule has 0 aliphatic carbocycles. The minimum absolute atomic E-state index is 0.246. The second kappa shape index (κ2) is 7.87. The largest absolute Gasteiger partial charge is 0.497 e. The molecule has 0 saturated heterocycles. The van der Waals surface area contributed by atoms with E-state index in [0.717, 1.165) is 17.1 Å². The van der Waals surface area contributed by atoms with Crippen molar-refractivity contribution in [2.24, 2.45) is 0 Å². The summed E-state index contributed by atoms with van der Waals surface area (Å²) in [5.74, 6) is 1.03. The van der Waals surface area contributed by atoms with Crippen molar-refractivity contribution in [2.75, 3.05) is 12.4 Å². The minimum Gasteiger partial charge on any atom is -0.497 e. The first-order valence-electron chi connectivity index (χ1n) is 7.67. The standard InChI is InChI=1S/C18H17N5O2/c1-25-15-7-5-13(6-8-15)21-17-10-9-16(22-23-17)18(24)20-12-14-4-2-3-11-19-14/h2-11H,12H2,1H3,(H,20,24)(H,21,23). The van der Waals surface area contributed by atoms with Crippen molar-refractivity contribution < 1.29 is 9.53 Å². The van der Waals surface area contributed by atoms with Crippen molar-refractivity contribution in [3.63, 3.8) is 0 Å². The van der Waals surface area contributed by atoms with Crippen LogP contribution in [0.3, 0.4) is 0 Å². The van der Waals surface area contributed by atoms with Crippen LogP contribution in [-0.4, -0.2) is 28.2 Å². The zero-order valence-corrected chi connectivity index (χ0v) is 13.6. The number of benzene rings is 1. The third-order valence-electron chi connectivity index (χ3n) is 3.42. The van der Waals surface area contributed by atoms with Gasteiger partial charge in [0.1, 0.15) is 5.75 Å². The van der Waals surface area contributed by atoms with Crippen LogP contribution in [0.25, 0.3) is 0 Å². The molecule has 2 heterocycles. The van der Waals surface area contributed by atoms with E-state index in [2.05, 4.69) is 25.8 Å². The van der Waals surface area contributed by atoms with Gasteiger partial charge in [-0.1, -0.05) is 6.07 Å². The van der Waals surface area contributed by atoms with Crippen LogP contribution in [0.1, 0.15) is 16.2 Å². The van der Waals surface area contributed by atoms with E-state index in [1.54, 1.807) is 25.4 Å². The summed E-state index contributed by atoms with van der Waals surface area (Å²) in [5.41, 5.74) is 1.88. The summed E-state index contributed by atoms with van der Waals surface area (Å²) in [6.07, 6.45) is 1.68. The van der Waals surface area contributed by atoms with Crippen LogP contribution >= 0.6 is 0 Å². The molecule has 2 N–H and O–H groups in total. The molecule has 0 radical (unpaired) electrons. The Morgan fingerprint density at radius 3 is 2.52 bits per heavy atom. The van der Waals surface area contributed by atoms with Crippen molar-refractivity contribution in [3.05, 3.63) is 72.2 Å². The Bertz CT molecular complexity index is 820. The molecule has 0 unspecified atom stereocenters. The number of anilines is 2. The third-order valence-corrected chi connectivity index (χ3v) is 3.42. The second-order valence-corrected chi connectivity index (χ2v) is 5.16. The lowest BCUT2D eigenvalue weighted by Crippen LogP contribution is -2.24. The number of nitrogens with one attached hydrogen (secondary N) is 2. The van der Waals surface area contributed by atoms with Crippen LogP contribution in [0.15, 0.2) is 60.8 Å². The second-order valence-electron chi connectivity index (χ2n) is 5.16. The lowest BCUT2D eigenvalue weighted by molar-refractivity contribution is 0.0944. The summed E-state index contributed by atoms with van der Waals surface area (Å²) in [6.45, 7) is 0.340. The number of amides is 1. The predicted molar refractivity (Wildman–Crippen MR) is 93.7 cm³/mol. The van der Waals surface area contributed by atoms with Gasteiger partial charge in [-0.3, -0.25) is 9.78 Å². The number of pyridine rings is 1. The molecular formula is C18H17N5O2. The Hall–Kier alpha value is -3.48. The van der Waals surface area contributed by atoms with Crippen LogP contribution < -0.4 is 15.4 Å². The molecule has 0 aliphatic rings. The summed E-state index contributed by atoms with van der Waals surface area (Å²) in [5, 5.41) is 13.8. The maximum Gasteiger partial charge on any atom is 0.272 e. The summed E-state index contributed by atoms with van der Waals surface area (Å²) in [7, 11) is 1.62. The number of carbonyl (C=O) groups is 1. The highest BCUT2D eigenvalue weighted by molar-refractivity contribution is 5.92. The van der Waals surface area contributed by atoms with Gasteiger partial charge in [0.05, 0.1) is 19.3 Å². The summed E-state index contributed by atoms with van der Waals surface area (Å²) >= 11 is 0. The minimum atomic E-state index is -0.297. The summed E-state index contributed by atoms with van der Waals surface area (Å²) < 4.78 is 5.11. The highest BCUT2D eigenvalue weighted by Gasteiger charge is 2.08. The molecular weight excluding hydrogens is 318 g/mol. The SMILES string of the molecule is COc1ccc(Nc2ccc(C(=O)NCc3ccccn3)nn2)cc1. The van der Waals surface area contributed by atoms with Crippen LogP contribution in [-0.2, 0) is 6.54 Å². The van der Waals surface area contributed by atoms with Gasteiger partial charge in [0.2, 0.25) is 0 Å². The molecule has 7 heteroatoms. The molecule has 0 atom stereocenters. The molecule has 0 aliphatic heterocycles. The molecule has 7 nitrogen and oxygen atoms in total. The van der Waals surface area contributed by atoms with E-state index in [0.29, 0.717) is 12.4 Å². The number of hydrogen-bond acceptors (Lipinski definition) is 6. The van der Waals surface area contributed by atoms with E-state index in [-0.39, 0.29) is 11.6 Å². The van der Waals surface area contributed by atoms with Gasteiger partial charge in [0.15, 0.2) is 11.5 Å². The summed E-state index contributed by atoms with van der Waals surface area (Å²) in [6, 6.07) is 16.3. The van der Waals surface area contributed by atoms with Crippen LogP contribution in [0.4, 0.5) is 11.5 Å². The first-order chi connectivity index (χ1) is 12.2. The average molecular weight is 335 g/mol. The molecule has 3 aromatic rings. The number of hydrogen-bond donors (Lipinski definition) is 2. The van der Waals surface area contributed by atoms with E-state index in [9.17, 15) is 4.79 Å². The molecule has 0 bridgehead atoms. The Morgan fingerprint density at radius 1 is 1.04 bits per heavy atom. The summed E-state index contributed by atoms with van der Waals surface area (Å²) in [4.78, 5) is 16.2. The fourth-order valence-electron chi connectivity index (χ4n) is 2.11. The quantitative estimate of drug-likeness (QED) is 0.720. The van der Waals surface area contributed by atoms with Crippen molar-refractivity contribution in [2.45, 2.75) is 6.54 Å². The topological polar surface area (TPSA) is 89.0 Å². The highest BCUT2D eigenvalue weighted by Crippen LogP contribution is 2.18. The van der Waals surface area contributed by atoms with E-state index in [4.69, 9.17) is 4.74 Å². The van der Waals surface area contributed by atoms with Crippen LogP contribution in [0.5, 0.6) is 5.75 Å². The fraction of sp³-hybridized carbons (Fsp3) is 0.111. The molecule has 0 fully saturated rings. The molecule has 2 aromatic heterocycles. The number of nitrogens with zero attached hydrogens (tertiary/aromatic N) is 3. The maximum atomic E-state index is 12.1. The van der Waals surface area contributed by atoms with E-state index >= 15 is 0 Å². The van der Waals surface area contributed by atoms with E-state index in [1.165, 1.54) is 0 Å². The van der Waals surface area contributed by atoms with Gasteiger partial charge in [-0.15, -0.1) is 10.2 Å². The van der Waals surface area contributed by atoms with Crippen LogP contribution in [0.2, 0.25) is 0 Å². The number of carbonyl (C=O) groups excluding carboxylic acids is 1. The van der Waals surface area contributed by atoms with Crippen LogP contribution in [0, 0.1) is 0 Å². The van der Waals surface area contributed by atoms with Crippen molar-refractivity contribution in [1.29, 1.82) is 0 Å². The number of rotatable bonds is 6. The van der Waals surface area contributed by atoms with Gasteiger partial charge < -0.3 is 15.4 Å². The van der Waals surface area contributed by atoms with Gasteiger partial charge in [-0.05, 0) is 48.5 Å². The first kappa shape index (κ1) is 16.4. The van der Waals surface area contributed by atoms with E-state index < -0.39 is 0 Å². The lowest BCUT2D eigenvalue weighted by Gasteiger charge is -2.07. The average Bonchev–Trinajstić information content (AvgIpc) is 2.68. The molecule has 0 saturated carbocycles. The fourth-order valence-corrected chi connectivity index (χ4v) is 2.11. The number of ether oxygens (including phenoxy) is 1. The first-order valence-corrected chi connectivity index (χ1v) is 7.67. The number of aromatic nitrogens is 3. The van der Waals surface area contributed by atoms with Crippen molar-refractivity contribution in [1.82, 2.24) is 20.5 Å². The zero-order valence-electron chi connectivity index (χ0n) is 13.6. The molecule has 3 rings (SSSR count). The zero-order chi connectivity index (χ0) is 17.5. The Labute approximate surface area is 145 Å². The molecule has 126 valence electrons. The highest BCUT2D eigenvalue weighted by atomic mass is 16.5. The smallest absolute Gasteiger partial charge is 0.272 e. The Balaban J connectivity index is 1.58. The predicted octanol–water partition coefficient (Wildman–Crippen LogP) is 2.55.